The van der Waals surface area contributed by atoms with Crippen molar-refractivity contribution in [3.63, 3.8) is 0 Å². The summed E-state index contributed by atoms with van der Waals surface area (Å²) >= 11 is 0. The van der Waals surface area contributed by atoms with Crippen LogP contribution in [-0.2, 0) is 17.8 Å². The maximum Gasteiger partial charge on any atom is 0.227 e. The molecule has 0 aromatic carbocycles. The van der Waals surface area contributed by atoms with Gasteiger partial charge in [-0.3, -0.25) is 9.89 Å². The summed E-state index contributed by atoms with van der Waals surface area (Å²) < 4.78 is 2.10. The smallest absolute Gasteiger partial charge is 0.227 e. The molecule has 4 heterocycles. The average Bonchev–Trinajstić information content (AvgIpc) is 3.13. The third kappa shape index (κ3) is 2.14. The fourth-order valence-corrected chi connectivity index (χ4v) is 2.92. The number of hydrogen-bond donors (Lipinski definition) is 2. The van der Waals surface area contributed by atoms with Gasteiger partial charge in [0.05, 0.1) is 18.2 Å². The first-order valence-electron chi connectivity index (χ1n) is 7.31. The molecule has 0 saturated carbocycles. The number of rotatable bonds is 2. The predicted octanol–water partition coefficient (Wildman–Crippen LogP) is 1.66. The van der Waals surface area contributed by atoms with Crippen molar-refractivity contribution in [2.45, 2.75) is 26.3 Å². The van der Waals surface area contributed by atoms with E-state index in [9.17, 15) is 4.79 Å². The Hall–Kier alpha value is -2.70. The summed E-state index contributed by atoms with van der Waals surface area (Å²) in [6, 6.07) is 1.91. The van der Waals surface area contributed by atoms with E-state index in [0.29, 0.717) is 11.3 Å². The van der Waals surface area contributed by atoms with Gasteiger partial charge in [-0.05, 0) is 19.4 Å². The molecule has 7 heteroatoms. The molecule has 0 spiro atoms. The second kappa shape index (κ2) is 4.94. The number of pyridine rings is 1. The molecule has 0 saturated heterocycles. The number of carbonyl (C=O) groups is 1. The van der Waals surface area contributed by atoms with Crippen molar-refractivity contribution in [3.05, 3.63) is 36.2 Å². The van der Waals surface area contributed by atoms with Crippen molar-refractivity contribution in [3.8, 4) is 0 Å². The molecule has 3 aromatic heterocycles. The Labute approximate surface area is 126 Å². The van der Waals surface area contributed by atoms with Crippen LogP contribution < -0.4 is 5.32 Å². The van der Waals surface area contributed by atoms with Gasteiger partial charge in [0.2, 0.25) is 5.91 Å². The van der Waals surface area contributed by atoms with Crippen LogP contribution in [0.1, 0.15) is 17.8 Å². The Kier molecular flexibility index (Phi) is 2.92. The molecular weight excluding hydrogens is 280 g/mol. The number of nitrogens with one attached hydrogen (secondary N) is 2. The van der Waals surface area contributed by atoms with Crippen molar-refractivity contribution in [2.75, 3.05) is 5.32 Å². The monoisotopic (exact) mass is 296 g/mol. The van der Waals surface area contributed by atoms with E-state index >= 15 is 0 Å². The van der Waals surface area contributed by atoms with Crippen molar-refractivity contribution >= 4 is 22.6 Å². The van der Waals surface area contributed by atoms with Crippen LogP contribution in [0.25, 0.3) is 11.0 Å². The van der Waals surface area contributed by atoms with E-state index in [4.69, 9.17) is 0 Å². The van der Waals surface area contributed by atoms with E-state index in [1.807, 2.05) is 25.5 Å². The minimum Gasteiger partial charge on any atom is -0.335 e. The van der Waals surface area contributed by atoms with Gasteiger partial charge < -0.3 is 9.88 Å². The Morgan fingerprint density at radius 1 is 1.45 bits per heavy atom. The molecule has 7 nitrogen and oxygen atoms in total. The first kappa shape index (κ1) is 13.0. The average molecular weight is 296 g/mol. The minimum atomic E-state index is -0.0228. The molecular formula is C15H16N6O. The Morgan fingerprint density at radius 2 is 2.36 bits per heavy atom. The summed E-state index contributed by atoms with van der Waals surface area (Å²) in [6.45, 7) is 2.77. The van der Waals surface area contributed by atoms with Gasteiger partial charge in [-0.2, -0.15) is 5.10 Å². The van der Waals surface area contributed by atoms with Crippen molar-refractivity contribution in [1.29, 1.82) is 0 Å². The van der Waals surface area contributed by atoms with Gasteiger partial charge in [-0.1, -0.05) is 0 Å². The number of H-pyrrole nitrogens is 1. The van der Waals surface area contributed by atoms with Crippen LogP contribution in [0.15, 0.2) is 24.8 Å². The number of carbonyl (C=O) groups excluding carboxylic acids is 1. The SMILES string of the molecule is Cc1[nH]nc2ncc(NC(=O)C3CCn4cncc4C3)cc12. The molecule has 1 amide bonds. The predicted molar refractivity (Wildman–Crippen MR) is 81.3 cm³/mol. The first-order valence-corrected chi connectivity index (χ1v) is 7.31. The fraction of sp³-hybridized carbons (Fsp3) is 0.333. The summed E-state index contributed by atoms with van der Waals surface area (Å²) in [5.41, 5.74) is 3.43. The van der Waals surface area contributed by atoms with E-state index < -0.39 is 0 Å². The summed E-state index contributed by atoms with van der Waals surface area (Å²) in [5.74, 6) is 0.0140. The number of aromatic nitrogens is 5. The number of imidazole rings is 1. The van der Waals surface area contributed by atoms with Gasteiger partial charge in [0.15, 0.2) is 5.65 Å². The lowest BCUT2D eigenvalue weighted by molar-refractivity contribution is -0.120. The molecule has 22 heavy (non-hydrogen) atoms. The molecule has 1 aliphatic rings. The Morgan fingerprint density at radius 3 is 3.27 bits per heavy atom. The van der Waals surface area contributed by atoms with Crippen LogP contribution in [0.4, 0.5) is 5.69 Å². The van der Waals surface area contributed by atoms with Crippen LogP contribution in [-0.4, -0.2) is 30.6 Å². The van der Waals surface area contributed by atoms with Crippen LogP contribution in [0.3, 0.4) is 0 Å². The highest BCUT2D eigenvalue weighted by Gasteiger charge is 2.25. The molecule has 0 radical (unpaired) electrons. The van der Waals surface area contributed by atoms with Gasteiger partial charge >= 0.3 is 0 Å². The van der Waals surface area contributed by atoms with Crippen LogP contribution in [0.2, 0.25) is 0 Å². The van der Waals surface area contributed by atoms with Crippen LogP contribution in [0, 0.1) is 12.8 Å². The van der Waals surface area contributed by atoms with Crippen molar-refractivity contribution in [2.24, 2.45) is 5.92 Å². The molecule has 1 aliphatic heterocycles. The third-order valence-electron chi connectivity index (χ3n) is 4.21. The van der Waals surface area contributed by atoms with Gasteiger partial charge in [-0.25, -0.2) is 9.97 Å². The molecule has 1 unspecified atom stereocenters. The maximum atomic E-state index is 12.5. The Bertz CT molecular complexity index is 849. The standard InChI is InChI=1S/C15H16N6O/c1-9-13-5-11(6-17-14(13)20-19-9)18-15(22)10-2-3-21-8-16-7-12(21)4-10/h5-8,10H,2-4H2,1H3,(H,18,22)(H,17,19,20). The van der Waals surface area contributed by atoms with E-state index in [1.165, 1.54) is 0 Å². The van der Waals surface area contributed by atoms with Crippen LogP contribution in [0.5, 0.6) is 0 Å². The van der Waals surface area contributed by atoms with Gasteiger partial charge in [0.1, 0.15) is 0 Å². The molecule has 2 N–H and O–H groups in total. The summed E-state index contributed by atoms with van der Waals surface area (Å²) in [7, 11) is 0. The number of aryl methyl sites for hydroxylation is 2. The lowest BCUT2D eigenvalue weighted by atomic mass is 9.95. The summed E-state index contributed by atoms with van der Waals surface area (Å²) in [5, 5.41) is 10.9. The zero-order chi connectivity index (χ0) is 15.1. The number of anilines is 1. The molecule has 0 fully saturated rings. The van der Waals surface area contributed by atoms with Gasteiger partial charge in [0, 0.05) is 41.9 Å². The molecule has 0 bridgehead atoms. The lowest BCUT2D eigenvalue weighted by Crippen LogP contribution is -2.29. The summed E-state index contributed by atoms with van der Waals surface area (Å²) in [4.78, 5) is 20.9. The topological polar surface area (TPSA) is 88.5 Å². The van der Waals surface area contributed by atoms with Crippen molar-refractivity contribution in [1.82, 2.24) is 24.7 Å². The number of amides is 1. The number of aromatic amines is 1. The van der Waals surface area contributed by atoms with Gasteiger partial charge in [0.25, 0.3) is 0 Å². The zero-order valence-electron chi connectivity index (χ0n) is 12.2. The highest BCUT2D eigenvalue weighted by molar-refractivity contribution is 5.94. The minimum absolute atomic E-state index is 0.0228. The third-order valence-corrected chi connectivity index (χ3v) is 4.21. The Balaban J connectivity index is 1.52. The molecule has 112 valence electrons. The second-order valence-electron chi connectivity index (χ2n) is 5.70. The fourth-order valence-electron chi connectivity index (χ4n) is 2.92. The lowest BCUT2D eigenvalue weighted by Gasteiger charge is -2.22. The highest BCUT2D eigenvalue weighted by Crippen LogP contribution is 2.23. The number of fused-ring (bicyclic) bond motifs is 2. The normalized spacial score (nSPS) is 17.4. The van der Waals surface area contributed by atoms with Gasteiger partial charge in [-0.15, -0.1) is 0 Å². The summed E-state index contributed by atoms with van der Waals surface area (Å²) in [6.07, 6.45) is 6.86. The van der Waals surface area contributed by atoms with E-state index in [1.54, 1.807) is 6.20 Å². The molecule has 4 rings (SSSR count). The van der Waals surface area contributed by atoms with Crippen LogP contribution >= 0.6 is 0 Å². The molecule has 1 atom stereocenters. The van der Waals surface area contributed by atoms with E-state index in [0.717, 1.165) is 36.2 Å². The van der Waals surface area contributed by atoms with E-state index in [2.05, 4.69) is 30.0 Å². The largest absolute Gasteiger partial charge is 0.335 e. The molecule has 3 aromatic rings. The number of hydrogen-bond acceptors (Lipinski definition) is 4. The number of nitrogens with zero attached hydrogens (tertiary/aromatic N) is 4. The maximum absolute atomic E-state index is 12.5. The second-order valence-corrected chi connectivity index (χ2v) is 5.70. The first-order chi connectivity index (χ1) is 10.7. The molecule has 0 aliphatic carbocycles. The van der Waals surface area contributed by atoms with E-state index in [-0.39, 0.29) is 11.8 Å². The quantitative estimate of drug-likeness (QED) is 0.753. The zero-order valence-corrected chi connectivity index (χ0v) is 12.2. The highest BCUT2D eigenvalue weighted by atomic mass is 16.1. The van der Waals surface area contributed by atoms with Crippen molar-refractivity contribution < 1.29 is 4.79 Å².